The van der Waals surface area contributed by atoms with Crippen LogP contribution in [-0.2, 0) is 10.0 Å². The molecule has 0 aromatic carbocycles. The highest BCUT2D eigenvalue weighted by Gasteiger charge is 2.25. The summed E-state index contributed by atoms with van der Waals surface area (Å²) in [6.45, 7) is 10.7. The van der Waals surface area contributed by atoms with Gasteiger partial charge in [-0.15, -0.1) is 0 Å². The molecular weight excluding hydrogens is 260 g/mol. The van der Waals surface area contributed by atoms with E-state index in [-0.39, 0.29) is 11.8 Å². The molecule has 1 atom stereocenters. The Morgan fingerprint density at radius 3 is 2.26 bits per heavy atom. The van der Waals surface area contributed by atoms with Crippen LogP contribution in [0.25, 0.3) is 0 Å². The Labute approximate surface area is 120 Å². The summed E-state index contributed by atoms with van der Waals surface area (Å²) in [6.07, 6.45) is 4.62. The van der Waals surface area contributed by atoms with Gasteiger partial charge in [0, 0.05) is 12.6 Å². The second kappa shape index (κ2) is 10.6. The predicted octanol–water partition coefficient (Wildman–Crippen LogP) is 2.61. The average molecular weight is 292 g/mol. The van der Waals surface area contributed by atoms with Gasteiger partial charge in [-0.3, -0.25) is 0 Å². The van der Waals surface area contributed by atoms with Crippen molar-refractivity contribution < 1.29 is 8.42 Å². The maximum Gasteiger partial charge on any atom is 0.214 e. The van der Waals surface area contributed by atoms with Gasteiger partial charge >= 0.3 is 0 Å². The van der Waals surface area contributed by atoms with Crippen LogP contribution in [0.4, 0.5) is 0 Å². The third kappa shape index (κ3) is 7.90. The summed E-state index contributed by atoms with van der Waals surface area (Å²) in [4.78, 5) is 0. The van der Waals surface area contributed by atoms with Gasteiger partial charge in [-0.2, -0.15) is 4.31 Å². The van der Waals surface area contributed by atoms with Crippen molar-refractivity contribution in [2.45, 2.75) is 65.8 Å². The molecular formula is C14H32N2O2S. The van der Waals surface area contributed by atoms with E-state index < -0.39 is 10.0 Å². The molecule has 0 heterocycles. The minimum absolute atomic E-state index is 0.111. The van der Waals surface area contributed by atoms with E-state index in [1.807, 2.05) is 13.8 Å². The quantitative estimate of drug-likeness (QED) is 0.563. The van der Waals surface area contributed by atoms with Gasteiger partial charge in [0.15, 0.2) is 0 Å². The van der Waals surface area contributed by atoms with Crippen LogP contribution in [0.15, 0.2) is 0 Å². The SMILES string of the molecule is CCCCN(C(C)CC)S(=O)(=O)CCCNCCC. The molecule has 0 aliphatic rings. The third-order valence-corrected chi connectivity index (χ3v) is 5.42. The second-order valence-electron chi connectivity index (χ2n) is 5.14. The van der Waals surface area contributed by atoms with Crippen molar-refractivity contribution in [3.63, 3.8) is 0 Å². The second-order valence-corrected chi connectivity index (χ2v) is 7.18. The molecule has 1 unspecified atom stereocenters. The van der Waals surface area contributed by atoms with E-state index in [0.29, 0.717) is 13.0 Å². The molecule has 5 heteroatoms. The molecule has 0 saturated heterocycles. The van der Waals surface area contributed by atoms with Crippen molar-refractivity contribution in [3.05, 3.63) is 0 Å². The Balaban J connectivity index is 4.35. The maximum absolute atomic E-state index is 12.4. The van der Waals surface area contributed by atoms with Gasteiger partial charge in [0.2, 0.25) is 10.0 Å². The minimum atomic E-state index is -3.10. The topological polar surface area (TPSA) is 49.4 Å². The monoisotopic (exact) mass is 292 g/mol. The summed E-state index contributed by atoms with van der Waals surface area (Å²) in [5.74, 6) is 0.262. The summed E-state index contributed by atoms with van der Waals surface area (Å²) in [6, 6.07) is 0.111. The van der Waals surface area contributed by atoms with Crippen molar-refractivity contribution in [1.29, 1.82) is 0 Å². The van der Waals surface area contributed by atoms with Gasteiger partial charge in [-0.1, -0.05) is 27.2 Å². The molecule has 0 bridgehead atoms. The van der Waals surface area contributed by atoms with Crippen LogP contribution in [-0.4, -0.2) is 44.2 Å². The van der Waals surface area contributed by atoms with Crippen molar-refractivity contribution in [1.82, 2.24) is 9.62 Å². The van der Waals surface area contributed by atoms with Crippen molar-refractivity contribution >= 4 is 10.0 Å². The number of unbranched alkanes of at least 4 members (excludes halogenated alkanes) is 1. The first-order valence-electron chi connectivity index (χ1n) is 7.69. The number of nitrogens with one attached hydrogen (secondary N) is 1. The fourth-order valence-electron chi connectivity index (χ4n) is 1.95. The van der Waals surface area contributed by atoms with Gasteiger partial charge in [0.1, 0.15) is 0 Å². The molecule has 0 aliphatic heterocycles. The van der Waals surface area contributed by atoms with Gasteiger partial charge in [-0.05, 0) is 45.7 Å². The summed E-state index contributed by atoms with van der Waals surface area (Å²) >= 11 is 0. The standard InChI is InChI=1S/C14H32N2O2S/c1-5-8-12-16(14(4)7-3)19(17,18)13-9-11-15-10-6-2/h14-15H,5-13H2,1-4H3. The van der Waals surface area contributed by atoms with E-state index in [1.165, 1.54) is 0 Å². The molecule has 0 fully saturated rings. The Bertz CT molecular complexity index is 305. The largest absolute Gasteiger partial charge is 0.317 e. The molecule has 116 valence electrons. The number of nitrogens with zero attached hydrogens (tertiary/aromatic N) is 1. The zero-order chi connectivity index (χ0) is 14.7. The Kier molecular flexibility index (Phi) is 10.6. The maximum atomic E-state index is 12.4. The summed E-state index contributed by atoms with van der Waals surface area (Å²) in [7, 11) is -3.10. The van der Waals surface area contributed by atoms with Crippen LogP contribution in [0, 0.1) is 0 Å². The number of sulfonamides is 1. The fraction of sp³-hybridized carbons (Fsp3) is 1.00. The molecule has 0 aromatic heterocycles. The van der Waals surface area contributed by atoms with Crippen LogP contribution in [0.2, 0.25) is 0 Å². The Morgan fingerprint density at radius 2 is 1.74 bits per heavy atom. The third-order valence-electron chi connectivity index (χ3n) is 3.35. The average Bonchev–Trinajstić information content (AvgIpc) is 2.38. The van der Waals surface area contributed by atoms with Crippen molar-refractivity contribution in [3.8, 4) is 0 Å². The molecule has 4 nitrogen and oxygen atoms in total. The molecule has 0 saturated carbocycles. The molecule has 0 aromatic rings. The highest BCUT2D eigenvalue weighted by atomic mass is 32.2. The molecule has 0 aliphatic carbocycles. The van der Waals surface area contributed by atoms with E-state index in [0.717, 1.165) is 38.8 Å². The summed E-state index contributed by atoms with van der Waals surface area (Å²) < 4.78 is 26.4. The van der Waals surface area contributed by atoms with Gasteiger partial charge < -0.3 is 5.32 Å². The van der Waals surface area contributed by atoms with E-state index in [4.69, 9.17) is 0 Å². The highest BCUT2D eigenvalue weighted by Crippen LogP contribution is 2.13. The van der Waals surface area contributed by atoms with E-state index >= 15 is 0 Å². The molecule has 0 amide bonds. The molecule has 0 radical (unpaired) electrons. The lowest BCUT2D eigenvalue weighted by Gasteiger charge is -2.27. The highest BCUT2D eigenvalue weighted by molar-refractivity contribution is 7.89. The van der Waals surface area contributed by atoms with Gasteiger partial charge in [-0.25, -0.2) is 8.42 Å². The first-order valence-corrected chi connectivity index (χ1v) is 9.30. The predicted molar refractivity (Wildman–Crippen MR) is 82.9 cm³/mol. The molecule has 0 rings (SSSR count). The normalized spacial score (nSPS) is 13.9. The lowest BCUT2D eigenvalue weighted by Crippen LogP contribution is -2.40. The van der Waals surface area contributed by atoms with Crippen LogP contribution >= 0.6 is 0 Å². The zero-order valence-electron chi connectivity index (χ0n) is 13.1. The summed E-state index contributed by atoms with van der Waals surface area (Å²) in [5.41, 5.74) is 0. The molecule has 19 heavy (non-hydrogen) atoms. The van der Waals surface area contributed by atoms with Gasteiger partial charge in [0.05, 0.1) is 5.75 Å². The molecule has 0 spiro atoms. The zero-order valence-corrected chi connectivity index (χ0v) is 13.9. The van der Waals surface area contributed by atoms with Gasteiger partial charge in [0.25, 0.3) is 0 Å². The van der Waals surface area contributed by atoms with Crippen molar-refractivity contribution in [2.24, 2.45) is 0 Å². The van der Waals surface area contributed by atoms with E-state index in [2.05, 4.69) is 19.2 Å². The summed E-state index contributed by atoms with van der Waals surface area (Å²) in [5, 5.41) is 3.25. The molecule has 1 N–H and O–H groups in total. The first kappa shape index (κ1) is 18.9. The van der Waals surface area contributed by atoms with Crippen LogP contribution in [0.1, 0.15) is 59.8 Å². The lowest BCUT2D eigenvalue weighted by atomic mass is 10.2. The number of hydrogen-bond acceptors (Lipinski definition) is 3. The van der Waals surface area contributed by atoms with Crippen molar-refractivity contribution in [2.75, 3.05) is 25.4 Å². The van der Waals surface area contributed by atoms with E-state index in [1.54, 1.807) is 4.31 Å². The van der Waals surface area contributed by atoms with Crippen LogP contribution < -0.4 is 5.32 Å². The Hall–Kier alpha value is -0.130. The lowest BCUT2D eigenvalue weighted by molar-refractivity contribution is 0.324. The minimum Gasteiger partial charge on any atom is -0.317 e. The fourth-order valence-corrected chi connectivity index (χ4v) is 3.80. The van der Waals surface area contributed by atoms with Crippen LogP contribution in [0.3, 0.4) is 0 Å². The van der Waals surface area contributed by atoms with Crippen LogP contribution in [0.5, 0.6) is 0 Å². The Morgan fingerprint density at radius 1 is 1.05 bits per heavy atom. The smallest absolute Gasteiger partial charge is 0.214 e. The first-order chi connectivity index (χ1) is 8.99. The number of hydrogen-bond donors (Lipinski definition) is 1. The van der Waals surface area contributed by atoms with E-state index in [9.17, 15) is 8.42 Å². The number of rotatable bonds is 12.